The number of hydrogen-bond donors (Lipinski definition) is 3. The Bertz CT molecular complexity index is 500. The molecule has 1 aliphatic carbocycles. The molecule has 0 bridgehead atoms. The van der Waals surface area contributed by atoms with Crippen molar-refractivity contribution in [1.29, 1.82) is 0 Å². The van der Waals surface area contributed by atoms with Gasteiger partial charge in [-0.3, -0.25) is 9.59 Å². The van der Waals surface area contributed by atoms with Gasteiger partial charge in [0, 0.05) is 11.5 Å². The Morgan fingerprint density at radius 1 is 1.57 bits per heavy atom. The van der Waals surface area contributed by atoms with Crippen molar-refractivity contribution < 1.29 is 19.1 Å². The Morgan fingerprint density at radius 2 is 2.33 bits per heavy atom. The van der Waals surface area contributed by atoms with Crippen molar-refractivity contribution in [2.45, 2.75) is 45.2 Å². The predicted octanol–water partition coefficient (Wildman–Crippen LogP) is 1.07. The molecule has 1 heterocycles. The average molecular weight is 294 g/mol. The normalized spacial score (nSPS) is 26.3. The summed E-state index contributed by atoms with van der Waals surface area (Å²) in [5.41, 5.74) is 0.111. The summed E-state index contributed by atoms with van der Waals surface area (Å²) in [5.74, 6) is -0.582. The van der Waals surface area contributed by atoms with Gasteiger partial charge < -0.3 is 20.2 Å². The third-order valence-electron chi connectivity index (χ3n) is 4.28. The highest BCUT2D eigenvalue weighted by atomic mass is 16.3. The number of carbonyl (C=O) groups excluding carboxylic acids is 2. The van der Waals surface area contributed by atoms with Crippen LogP contribution in [-0.4, -0.2) is 35.6 Å². The summed E-state index contributed by atoms with van der Waals surface area (Å²) in [5, 5.41) is 15.0. The van der Waals surface area contributed by atoms with E-state index >= 15 is 0 Å². The van der Waals surface area contributed by atoms with Gasteiger partial charge in [0.05, 0.1) is 18.4 Å². The number of hydrogen-bond acceptors (Lipinski definition) is 4. The van der Waals surface area contributed by atoms with Crippen molar-refractivity contribution in [2.24, 2.45) is 5.41 Å². The zero-order valence-corrected chi connectivity index (χ0v) is 12.4. The molecular weight excluding hydrogens is 272 g/mol. The van der Waals surface area contributed by atoms with E-state index in [1.165, 1.54) is 12.5 Å². The number of nitrogens with one attached hydrogen (secondary N) is 2. The number of aliphatic hydroxyl groups is 1. The highest BCUT2D eigenvalue weighted by molar-refractivity contribution is 5.97. The Hall–Kier alpha value is -1.82. The third-order valence-corrected chi connectivity index (χ3v) is 4.28. The fraction of sp³-hybridized carbons (Fsp3) is 0.600. The van der Waals surface area contributed by atoms with Crippen LogP contribution >= 0.6 is 0 Å². The second kappa shape index (κ2) is 6.30. The molecule has 1 saturated carbocycles. The van der Waals surface area contributed by atoms with Gasteiger partial charge in [-0.2, -0.15) is 0 Å². The van der Waals surface area contributed by atoms with E-state index in [2.05, 4.69) is 10.6 Å². The minimum atomic E-state index is -0.643. The predicted molar refractivity (Wildman–Crippen MR) is 76.6 cm³/mol. The Kier molecular flexibility index (Phi) is 4.67. The van der Waals surface area contributed by atoms with Crippen LogP contribution < -0.4 is 10.6 Å². The molecular formula is C15H22N2O4. The minimum absolute atomic E-state index is 0.0493. The lowest BCUT2D eigenvalue weighted by molar-refractivity contribution is -0.124. The standard InChI is InChI=1S/C15H22N2O4/c1-10(16-14(20)11-5-7-21-8-11)13(19)17-12-4-3-6-15(12,2)9-18/h5,7-8,10,12,18H,3-4,6,9H2,1-2H3,(H,16,20)(H,17,19). The lowest BCUT2D eigenvalue weighted by Gasteiger charge is -2.31. The minimum Gasteiger partial charge on any atom is -0.472 e. The number of rotatable bonds is 5. The van der Waals surface area contributed by atoms with Gasteiger partial charge in [-0.1, -0.05) is 13.3 Å². The van der Waals surface area contributed by atoms with Crippen LogP contribution in [0.25, 0.3) is 0 Å². The first kappa shape index (κ1) is 15.6. The first-order valence-electron chi connectivity index (χ1n) is 7.20. The zero-order valence-electron chi connectivity index (χ0n) is 12.4. The molecule has 1 aliphatic rings. The summed E-state index contributed by atoms with van der Waals surface area (Å²) in [7, 11) is 0. The SMILES string of the molecule is CC(NC(=O)c1ccoc1)C(=O)NC1CCCC1(C)CO. The monoisotopic (exact) mass is 294 g/mol. The van der Waals surface area contributed by atoms with E-state index in [1.54, 1.807) is 13.0 Å². The average Bonchev–Trinajstić information content (AvgIpc) is 3.10. The summed E-state index contributed by atoms with van der Waals surface area (Å²) in [4.78, 5) is 24.0. The van der Waals surface area contributed by atoms with E-state index in [-0.39, 0.29) is 29.9 Å². The van der Waals surface area contributed by atoms with Crippen LogP contribution in [0.5, 0.6) is 0 Å². The maximum atomic E-state index is 12.2. The van der Waals surface area contributed by atoms with E-state index in [0.29, 0.717) is 5.56 Å². The quantitative estimate of drug-likeness (QED) is 0.757. The topological polar surface area (TPSA) is 91.6 Å². The second-order valence-electron chi connectivity index (χ2n) is 5.97. The van der Waals surface area contributed by atoms with Crippen LogP contribution in [0.4, 0.5) is 0 Å². The molecule has 1 aromatic rings. The molecule has 21 heavy (non-hydrogen) atoms. The molecule has 0 aromatic carbocycles. The number of carbonyl (C=O) groups is 2. The van der Waals surface area contributed by atoms with Crippen LogP contribution in [0.1, 0.15) is 43.5 Å². The van der Waals surface area contributed by atoms with Gasteiger partial charge in [-0.05, 0) is 25.8 Å². The molecule has 116 valence electrons. The number of amides is 2. The summed E-state index contributed by atoms with van der Waals surface area (Å²) >= 11 is 0. The van der Waals surface area contributed by atoms with Gasteiger partial charge in [-0.15, -0.1) is 0 Å². The summed E-state index contributed by atoms with van der Waals surface area (Å²) in [6, 6.07) is 0.846. The maximum absolute atomic E-state index is 12.2. The number of aliphatic hydroxyl groups excluding tert-OH is 1. The molecule has 0 spiro atoms. The van der Waals surface area contributed by atoms with Crippen LogP contribution in [-0.2, 0) is 4.79 Å². The Labute approximate surface area is 123 Å². The molecule has 3 unspecified atom stereocenters. The van der Waals surface area contributed by atoms with Crippen molar-refractivity contribution in [2.75, 3.05) is 6.61 Å². The van der Waals surface area contributed by atoms with Gasteiger partial charge in [0.25, 0.3) is 5.91 Å². The summed E-state index contributed by atoms with van der Waals surface area (Å²) < 4.78 is 4.84. The Balaban J connectivity index is 1.89. The first-order valence-corrected chi connectivity index (χ1v) is 7.20. The van der Waals surface area contributed by atoms with Crippen molar-refractivity contribution in [3.8, 4) is 0 Å². The van der Waals surface area contributed by atoms with Gasteiger partial charge in [0.15, 0.2) is 0 Å². The molecule has 1 fully saturated rings. The molecule has 2 rings (SSSR count). The molecule has 6 nitrogen and oxygen atoms in total. The second-order valence-corrected chi connectivity index (χ2v) is 5.97. The first-order chi connectivity index (χ1) is 9.96. The highest BCUT2D eigenvalue weighted by Crippen LogP contribution is 2.37. The van der Waals surface area contributed by atoms with Gasteiger partial charge in [0.1, 0.15) is 12.3 Å². The fourth-order valence-electron chi connectivity index (χ4n) is 2.70. The van der Waals surface area contributed by atoms with E-state index in [0.717, 1.165) is 19.3 Å². The lowest BCUT2D eigenvalue weighted by Crippen LogP contribution is -2.51. The highest BCUT2D eigenvalue weighted by Gasteiger charge is 2.39. The fourth-order valence-corrected chi connectivity index (χ4v) is 2.70. The van der Waals surface area contributed by atoms with E-state index < -0.39 is 6.04 Å². The number of furan rings is 1. The van der Waals surface area contributed by atoms with Crippen LogP contribution in [0.3, 0.4) is 0 Å². The van der Waals surface area contributed by atoms with Crippen molar-refractivity contribution >= 4 is 11.8 Å². The molecule has 0 saturated heterocycles. The summed E-state index contributed by atoms with van der Waals surface area (Å²) in [6.45, 7) is 3.66. The molecule has 3 atom stereocenters. The summed E-state index contributed by atoms with van der Waals surface area (Å²) in [6.07, 6.45) is 5.47. The van der Waals surface area contributed by atoms with Crippen molar-refractivity contribution in [3.63, 3.8) is 0 Å². The molecule has 1 aromatic heterocycles. The van der Waals surface area contributed by atoms with Gasteiger partial charge in [0.2, 0.25) is 5.91 Å². The third kappa shape index (κ3) is 3.44. The largest absolute Gasteiger partial charge is 0.472 e. The van der Waals surface area contributed by atoms with E-state index in [9.17, 15) is 14.7 Å². The van der Waals surface area contributed by atoms with Gasteiger partial charge in [-0.25, -0.2) is 0 Å². The molecule has 0 radical (unpaired) electrons. The Morgan fingerprint density at radius 3 is 2.95 bits per heavy atom. The lowest BCUT2D eigenvalue weighted by atomic mass is 9.85. The van der Waals surface area contributed by atoms with Crippen LogP contribution in [0.15, 0.2) is 23.0 Å². The molecule has 2 amide bonds. The van der Waals surface area contributed by atoms with Crippen LogP contribution in [0, 0.1) is 5.41 Å². The molecule has 3 N–H and O–H groups in total. The van der Waals surface area contributed by atoms with Crippen LogP contribution in [0.2, 0.25) is 0 Å². The zero-order chi connectivity index (χ0) is 15.5. The van der Waals surface area contributed by atoms with Crippen molar-refractivity contribution in [1.82, 2.24) is 10.6 Å². The smallest absolute Gasteiger partial charge is 0.255 e. The van der Waals surface area contributed by atoms with Crippen molar-refractivity contribution in [3.05, 3.63) is 24.2 Å². The van der Waals surface area contributed by atoms with E-state index in [4.69, 9.17) is 4.42 Å². The maximum Gasteiger partial charge on any atom is 0.255 e. The van der Waals surface area contributed by atoms with Gasteiger partial charge >= 0.3 is 0 Å². The van der Waals surface area contributed by atoms with E-state index in [1.807, 2.05) is 6.92 Å². The molecule has 0 aliphatic heterocycles. The molecule has 6 heteroatoms.